The molecule has 2 saturated carbocycles. The molecule has 18 heavy (non-hydrogen) atoms. The van der Waals surface area contributed by atoms with Gasteiger partial charge in [0.15, 0.2) is 0 Å². The molecule has 2 fully saturated rings. The van der Waals surface area contributed by atoms with Gasteiger partial charge in [0, 0.05) is 40.4 Å². The molecule has 0 heterocycles. The zero-order valence-corrected chi connectivity index (χ0v) is 16.4. The van der Waals surface area contributed by atoms with E-state index in [1.165, 1.54) is 0 Å². The molecule has 0 aromatic rings. The molecule has 0 aromatic heterocycles. The molecule has 0 nitrogen and oxygen atoms in total. The Morgan fingerprint density at radius 1 is 0.222 bits per heavy atom. The van der Waals surface area contributed by atoms with E-state index in [9.17, 15) is 0 Å². The first-order valence-corrected chi connectivity index (χ1v) is 5.33. The maximum atomic E-state index is 2.00. The number of hydrogen-bond donors (Lipinski definition) is 0. The van der Waals surface area contributed by atoms with Crippen molar-refractivity contribution in [3.63, 3.8) is 0 Å². The van der Waals surface area contributed by atoms with Crippen molar-refractivity contribution in [1.82, 2.24) is 0 Å². The normalized spacial score (nSPS) is 21.3. The van der Waals surface area contributed by atoms with Crippen LogP contribution in [0.5, 0.6) is 0 Å². The van der Waals surface area contributed by atoms with Crippen LogP contribution in [0.1, 0.15) is 0 Å². The summed E-state index contributed by atoms with van der Waals surface area (Å²) in [6.45, 7) is 0. The fourth-order valence-electron chi connectivity index (χ4n) is 1.03. The summed E-state index contributed by atoms with van der Waals surface area (Å²) in [5, 5.41) is 0. The molecule has 0 saturated heterocycles. The smallest absolute Gasteiger partial charge is 0.0312 e. The van der Waals surface area contributed by atoms with E-state index in [4.69, 9.17) is 0 Å². The molecule has 0 aromatic carbocycles. The molecule has 0 bridgehead atoms. The zero-order chi connectivity index (χ0) is 11.3. The van der Waals surface area contributed by atoms with Crippen LogP contribution in [0, 0.1) is 143 Å². The second-order valence-electron chi connectivity index (χ2n) is 3.08. The second kappa shape index (κ2) is 20.0. The molecule has 0 N–H and O–H groups in total. The summed E-state index contributed by atoms with van der Waals surface area (Å²) in [6, 6.07) is 0. The molecule has 2 aliphatic rings. The van der Waals surface area contributed by atoms with Gasteiger partial charge in [-0.25, -0.2) is 0 Å². The van der Waals surface area contributed by atoms with Gasteiger partial charge in [0.2, 0.25) is 0 Å². The molecule has 86 valence electrons. The molecule has 2 rings (SSSR count). The average molecular weight is 398 g/mol. The average Bonchev–Trinajstić information content (AvgIpc) is 2.15. The van der Waals surface area contributed by atoms with Gasteiger partial charge in [-0.1, -0.05) is 0 Å². The Bertz CT molecular complexity index is 75.1. The molecular weight excluding hydrogens is 382 g/mol. The molecule has 0 amide bonds. The maximum absolute atomic E-state index is 2.00. The van der Waals surface area contributed by atoms with E-state index in [-0.39, 0.29) is 91.8 Å². The van der Waals surface area contributed by atoms with Crippen molar-refractivity contribution in [2.75, 3.05) is 0 Å². The van der Waals surface area contributed by atoms with Crippen molar-refractivity contribution in [3.05, 3.63) is 103 Å². The summed E-state index contributed by atoms with van der Waals surface area (Å²) in [4.78, 5) is 0. The zero-order valence-electron chi connectivity index (χ0n) is 10.6. The predicted molar refractivity (Wildman–Crippen MR) is 68.8 cm³/mol. The van der Waals surface area contributed by atoms with Crippen LogP contribution in [0.3, 0.4) is 0 Å². The van der Waals surface area contributed by atoms with Crippen molar-refractivity contribution in [2.24, 2.45) is 0 Å². The Kier molecular flexibility index (Phi) is 25.8. The minimum Gasteiger partial charge on any atom is -0.0312 e. The summed E-state index contributed by atoms with van der Waals surface area (Å²) in [5.41, 5.74) is 0. The van der Waals surface area contributed by atoms with E-state index in [0.717, 1.165) is 0 Å². The third-order valence-electron chi connectivity index (χ3n) is 1.78. The Morgan fingerprint density at radius 2 is 0.278 bits per heavy atom. The van der Waals surface area contributed by atoms with Crippen molar-refractivity contribution < 1.29 is 91.8 Å². The Labute approximate surface area is 191 Å². The van der Waals surface area contributed by atoms with Crippen LogP contribution < -0.4 is 51.4 Å². The minimum absolute atomic E-state index is 0. The van der Waals surface area contributed by atoms with E-state index in [1.54, 1.807) is 0 Å². The van der Waals surface area contributed by atoms with Gasteiger partial charge in [0.05, 0.1) is 0 Å². The van der Waals surface area contributed by atoms with E-state index in [0.29, 0.717) is 0 Å². The Hall–Kier alpha value is 2.97. The van der Waals surface area contributed by atoms with E-state index < -0.39 is 0 Å². The largest absolute Gasteiger partial charge is 1.00 e. The van der Waals surface area contributed by atoms with Crippen LogP contribution in [-0.4, -0.2) is 0 Å². The van der Waals surface area contributed by atoms with Crippen LogP contribution in [0.2, 0.25) is 0 Å². The van der Waals surface area contributed by atoms with Crippen LogP contribution in [0.4, 0.5) is 0 Å². The standard InChI is InChI=1S/2C8H8.K.Sm/c2*1-2-4-6-8-7-5-3-1;;/h2*1-8H;;/q;;+1;. The Balaban J connectivity index is 0. The molecule has 0 unspecified atom stereocenters. The summed E-state index contributed by atoms with van der Waals surface area (Å²) in [6.07, 6.45) is 32.0. The monoisotopic (exact) mass is 399 g/mol. The van der Waals surface area contributed by atoms with Crippen molar-refractivity contribution in [2.45, 2.75) is 0 Å². The van der Waals surface area contributed by atoms with Crippen LogP contribution in [-0.2, 0) is 0 Å². The topological polar surface area (TPSA) is 0 Å². The molecular formula is C16H16KSm+. The van der Waals surface area contributed by atoms with Crippen molar-refractivity contribution >= 4 is 0 Å². The third-order valence-corrected chi connectivity index (χ3v) is 1.78. The predicted octanol–water partition coefficient (Wildman–Crippen LogP) is 0.273. The molecule has 16 radical (unpaired) electrons. The van der Waals surface area contributed by atoms with Crippen molar-refractivity contribution in [3.8, 4) is 0 Å². The first-order valence-electron chi connectivity index (χ1n) is 5.33. The fraction of sp³-hybridized carbons (Fsp3) is 0. The molecule has 0 aliphatic heterocycles. The second-order valence-corrected chi connectivity index (χ2v) is 3.08. The van der Waals surface area contributed by atoms with E-state index in [1.807, 2.05) is 103 Å². The van der Waals surface area contributed by atoms with Crippen LogP contribution >= 0.6 is 0 Å². The van der Waals surface area contributed by atoms with Gasteiger partial charge >= 0.3 is 51.4 Å². The Morgan fingerprint density at radius 3 is 0.333 bits per heavy atom. The van der Waals surface area contributed by atoms with Crippen LogP contribution in [0.15, 0.2) is 0 Å². The van der Waals surface area contributed by atoms with E-state index in [2.05, 4.69) is 0 Å². The first-order chi connectivity index (χ1) is 8.00. The number of rotatable bonds is 0. The SMILES string of the molecule is [CH]1[CH][CH][CH][CH][CH][CH][CH]1.[CH]1[CH][CH][CH][CH][CH][CH][CH]1.[K+].[Sm]. The quantitative estimate of drug-likeness (QED) is 0.515. The molecule has 0 atom stereocenters. The van der Waals surface area contributed by atoms with Crippen LogP contribution in [0.25, 0.3) is 0 Å². The fourth-order valence-corrected chi connectivity index (χ4v) is 1.03. The van der Waals surface area contributed by atoms with Crippen molar-refractivity contribution in [1.29, 1.82) is 0 Å². The molecule has 2 heteroatoms. The summed E-state index contributed by atoms with van der Waals surface area (Å²) < 4.78 is 0. The molecule has 2 aliphatic carbocycles. The van der Waals surface area contributed by atoms with E-state index >= 15 is 0 Å². The van der Waals surface area contributed by atoms with Gasteiger partial charge < -0.3 is 0 Å². The first kappa shape index (κ1) is 23.2. The van der Waals surface area contributed by atoms with Gasteiger partial charge in [-0.3, -0.25) is 0 Å². The number of hydrogen-bond acceptors (Lipinski definition) is 0. The minimum atomic E-state index is 0. The summed E-state index contributed by atoms with van der Waals surface area (Å²) in [5.74, 6) is 0. The molecule has 0 spiro atoms. The third kappa shape index (κ3) is 17.0. The van der Waals surface area contributed by atoms with Gasteiger partial charge in [-0.05, 0) is 103 Å². The maximum Gasteiger partial charge on any atom is 1.00 e. The van der Waals surface area contributed by atoms with Gasteiger partial charge in [0.1, 0.15) is 0 Å². The summed E-state index contributed by atoms with van der Waals surface area (Å²) in [7, 11) is 0. The van der Waals surface area contributed by atoms with Gasteiger partial charge in [0.25, 0.3) is 0 Å². The van der Waals surface area contributed by atoms with Gasteiger partial charge in [-0.2, -0.15) is 0 Å². The summed E-state index contributed by atoms with van der Waals surface area (Å²) >= 11 is 0. The van der Waals surface area contributed by atoms with Gasteiger partial charge in [-0.15, -0.1) is 0 Å².